The Hall–Kier alpha value is -1.92. The van der Waals surface area contributed by atoms with E-state index in [1.165, 1.54) is 11.3 Å². The third-order valence-electron chi connectivity index (χ3n) is 3.31. The fraction of sp³-hybridized carbons (Fsp3) is 0.235. The van der Waals surface area contributed by atoms with Gasteiger partial charge in [-0.3, -0.25) is 4.79 Å². The minimum atomic E-state index is -0.0652. The standard InChI is InChI=1S/C17H17N3OS2/c1-2-10-22-17-20-19-16(23-17)18-15(21)11-13-8-5-7-12-6-3-4-9-14(12)13/h3-9H,2,10-11H2,1H3,(H,18,19,21). The molecule has 0 radical (unpaired) electrons. The zero-order chi connectivity index (χ0) is 16.1. The van der Waals surface area contributed by atoms with Crippen LogP contribution in [0.25, 0.3) is 10.8 Å². The van der Waals surface area contributed by atoms with E-state index in [1.807, 2.05) is 30.3 Å². The number of fused-ring (bicyclic) bond motifs is 1. The van der Waals surface area contributed by atoms with E-state index in [-0.39, 0.29) is 5.91 Å². The number of carbonyl (C=O) groups is 1. The van der Waals surface area contributed by atoms with Gasteiger partial charge in [0.2, 0.25) is 11.0 Å². The highest BCUT2D eigenvalue weighted by Crippen LogP contribution is 2.26. The molecule has 0 spiro atoms. The van der Waals surface area contributed by atoms with Gasteiger partial charge in [-0.1, -0.05) is 72.5 Å². The van der Waals surface area contributed by atoms with Crippen molar-refractivity contribution in [3.05, 3.63) is 48.0 Å². The first-order valence-electron chi connectivity index (χ1n) is 7.49. The number of nitrogens with one attached hydrogen (secondary N) is 1. The normalized spacial score (nSPS) is 10.8. The smallest absolute Gasteiger partial charge is 0.230 e. The first-order chi connectivity index (χ1) is 11.3. The third-order valence-corrected chi connectivity index (χ3v) is 5.49. The largest absolute Gasteiger partial charge is 0.300 e. The molecule has 3 aromatic rings. The van der Waals surface area contributed by atoms with Gasteiger partial charge in [-0.2, -0.15) is 0 Å². The Labute approximate surface area is 143 Å². The van der Waals surface area contributed by atoms with Crippen LogP contribution < -0.4 is 5.32 Å². The number of aromatic nitrogens is 2. The van der Waals surface area contributed by atoms with Crippen molar-refractivity contribution in [2.75, 3.05) is 11.1 Å². The lowest BCUT2D eigenvalue weighted by atomic mass is 10.0. The second-order valence-corrected chi connectivity index (χ2v) is 7.40. The van der Waals surface area contributed by atoms with Crippen LogP contribution in [0.5, 0.6) is 0 Å². The summed E-state index contributed by atoms with van der Waals surface area (Å²) < 4.78 is 0.896. The molecular weight excluding hydrogens is 326 g/mol. The summed E-state index contributed by atoms with van der Waals surface area (Å²) in [5.74, 6) is 0.947. The number of rotatable bonds is 6. The second-order valence-electron chi connectivity index (χ2n) is 5.08. The number of nitrogens with zero attached hydrogens (tertiary/aromatic N) is 2. The molecule has 0 aliphatic carbocycles. The summed E-state index contributed by atoms with van der Waals surface area (Å²) in [4.78, 5) is 12.3. The molecule has 4 nitrogen and oxygen atoms in total. The number of hydrogen-bond acceptors (Lipinski definition) is 5. The summed E-state index contributed by atoms with van der Waals surface area (Å²) in [5, 5.41) is 13.8. The van der Waals surface area contributed by atoms with Gasteiger partial charge in [0.25, 0.3) is 0 Å². The second kappa shape index (κ2) is 7.57. The lowest BCUT2D eigenvalue weighted by Gasteiger charge is -2.06. The Balaban J connectivity index is 1.68. The summed E-state index contributed by atoms with van der Waals surface area (Å²) in [6.07, 6.45) is 1.42. The van der Waals surface area contributed by atoms with Gasteiger partial charge in [-0.05, 0) is 22.8 Å². The van der Waals surface area contributed by atoms with Gasteiger partial charge >= 0.3 is 0 Å². The van der Waals surface area contributed by atoms with Crippen LogP contribution in [0.1, 0.15) is 18.9 Å². The quantitative estimate of drug-likeness (QED) is 0.533. The number of anilines is 1. The zero-order valence-electron chi connectivity index (χ0n) is 12.8. The molecule has 118 valence electrons. The molecule has 6 heteroatoms. The molecule has 0 unspecified atom stereocenters. The van der Waals surface area contributed by atoms with Crippen LogP contribution in [-0.4, -0.2) is 21.9 Å². The molecule has 3 rings (SSSR count). The lowest BCUT2D eigenvalue weighted by molar-refractivity contribution is -0.115. The maximum absolute atomic E-state index is 12.3. The van der Waals surface area contributed by atoms with Crippen LogP contribution in [0, 0.1) is 0 Å². The Morgan fingerprint density at radius 2 is 2.00 bits per heavy atom. The molecule has 0 fully saturated rings. The third kappa shape index (κ3) is 4.09. The molecule has 1 heterocycles. The van der Waals surface area contributed by atoms with Crippen molar-refractivity contribution in [2.24, 2.45) is 0 Å². The van der Waals surface area contributed by atoms with Gasteiger partial charge in [0.05, 0.1) is 6.42 Å². The number of benzene rings is 2. The average molecular weight is 343 g/mol. The van der Waals surface area contributed by atoms with Crippen LogP contribution in [0.15, 0.2) is 46.8 Å². The van der Waals surface area contributed by atoms with Crippen molar-refractivity contribution < 1.29 is 4.79 Å². The molecule has 1 aromatic heterocycles. The molecule has 0 aliphatic rings. The molecule has 2 aromatic carbocycles. The van der Waals surface area contributed by atoms with Crippen molar-refractivity contribution in [1.82, 2.24) is 10.2 Å². The summed E-state index contributed by atoms with van der Waals surface area (Å²) in [7, 11) is 0. The molecule has 0 saturated carbocycles. The minimum Gasteiger partial charge on any atom is -0.300 e. The molecule has 23 heavy (non-hydrogen) atoms. The first-order valence-corrected chi connectivity index (χ1v) is 9.29. The van der Waals surface area contributed by atoms with Gasteiger partial charge in [-0.25, -0.2) is 0 Å². The Morgan fingerprint density at radius 1 is 1.17 bits per heavy atom. The van der Waals surface area contributed by atoms with E-state index in [0.29, 0.717) is 11.6 Å². The van der Waals surface area contributed by atoms with E-state index < -0.39 is 0 Å². The van der Waals surface area contributed by atoms with E-state index in [2.05, 4.69) is 34.6 Å². The Kier molecular flexibility index (Phi) is 5.25. The lowest BCUT2D eigenvalue weighted by Crippen LogP contribution is -2.14. The SMILES string of the molecule is CCCSc1nnc(NC(=O)Cc2cccc3ccccc23)s1. The summed E-state index contributed by atoms with van der Waals surface area (Å²) >= 11 is 3.09. The molecule has 0 atom stereocenters. The van der Waals surface area contributed by atoms with Gasteiger partial charge in [0.1, 0.15) is 0 Å². The van der Waals surface area contributed by atoms with E-state index in [0.717, 1.165) is 32.8 Å². The van der Waals surface area contributed by atoms with Crippen molar-refractivity contribution in [3.63, 3.8) is 0 Å². The maximum Gasteiger partial charge on any atom is 0.230 e. The van der Waals surface area contributed by atoms with E-state index >= 15 is 0 Å². The molecule has 0 saturated heterocycles. The zero-order valence-corrected chi connectivity index (χ0v) is 14.4. The van der Waals surface area contributed by atoms with E-state index in [4.69, 9.17) is 0 Å². The predicted molar refractivity (Wildman–Crippen MR) is 97.2 cm³/mol. The fourth-order valence-electron chi connectivity index (χ4n) is 2.29. The highest BCUT2D eigenvalue weighted by Gasteiger charge is 2.10. The number of thioether (sulfide) groups is 1. The van der Waals surface area contributed by atoms with Crippen LogP contribution in [0.4, 0.5) is 5.13 Å². The molecule has 0 bridgehead atoms. The van der Waals surface area contributed by atoms with Gasteiger partial charge in [0.15, 0.2) is 4.34 Å². The topological polar surface area (TPSA) is 54.9 Å². The Morgan fingerprint density at radius 3 is 2.87 bits per heavy atom. The van der Waals surface area contributed by atoms with Crippen LogP contribution >= 0.6 is 23.1 Å². The van der Waals surface area contributed by atoms with Crippen molar-refractivity contribution in [1.29, 1.82) is 0 Å². The predicted octanol–water partition coefficient (Wildman–Crippen LogP) is 4.37. The number of carbonyl (C=O) groups excluding carboxylic acids is 1. The van der Waals surface area contributed by atoms with Crippen molar-refractivity contribution in [2.45, 2.75) is 24.1 Å². The van der Waals surface area contributed by atoms with Crippen LogP contribution in [0.2, 0.25) is 0 Å². The summed E-state index contributed by atoms with van der Waals surface area (Å²) in [6.45, 7) is 2.13. The van der Waals surface area contributed by atoms with Gasteiger partial charge in [0, 0.05) is 5.75 Å². The highest BCUT2D eigenvalue weighted by molar-refractivity contribution is 8.01. The Bertz CT molecular complexity index is 811. The minimum absolute atomic E-state index is 0.0652. The average Bonchev–Trinajstić information content (AvgIpc) is 3.00. The van der Waals surface area contributed by atoms with Gasteiger partial charge < -0.3 is 5.32 Å². The summed E-state index contributed by atoms with van der Waals surface area (Å²) in [6, 6.07) is 14.1. The van der Waals surface area contributed by atoms with Crippen LogP contribution in [-0.2, 0) is 11.2 Å². The molecular formula is C17H17N3OS2. The first kappa shape index (κ1) is 16.0. The van der Waals surface area contributed by atoms with Crippen molar-refractivity contribution >= 4 is 44.9 Å². The highest BCUT2D eigenvalue weighted by atomic mass is 32.2. The number of hydrogen-bond donors (Lipinski definition) is 1. The van der Waals surface area contributed by atoms with Gasteiger partial charge in [-0.15, -0.1) is 10.2 Å². The maximum atomic E-state index is 12.3. The van der Waals surface area contributed by atoms with E-state index in [1.54, 1.807) is 11.8 Å². The van der Waals surface area contributed by atoms with Crippen molar-refractivity contribution in [3.8, 4) is 0 Å². The fourth-order valence-corrected chi connectivity index (χ4v) is 3.98. The molecule has 1 amide bonds. The molecule has 1 N–H and O–H groups in total. The van der Waals surface area contributed by atoms with E-state index in [9.17, 15) is 4.79 Å². The number of amides is 1. The van der Waals surface area contributed by atoms with Crippen LogP contribution in [0.3, 0.4) is 0 Å². The molecule has 0 aliphatic heterocycles. The monoisotopic (exact) mass is 343 g/mol. The summed E-state index contributed by atoms with van der Waals surface area (Å²) in [5.41, 5.74) is 1.02.